The van der Waals surface area contributed by atoms with Gasteiger partial charge in [-0.05, 0) is 43.6 Å². The third-order valence-electron chi connectivity index (χ3n) is 3.69. The SMILES string of the molecule is Nc1nc2ccc([C@H](O)CN3CCCCC3)cc2s1. The molecule has 4 nitrogen and oxygen atoms in total. The number of hydrogen-bond acceptors (Lipinski definition) is 5. The van der Waals surface area contributed by atoms with Gasteiger partial charge < -0.3 is 15.7 Å². The highest BCUT2D eigenvalue weighted by atomic mass is 32.1. The van der Waals surface area contributed by atoms with Gasteiger partial charge in [0.05, 0.1) is 16.3 Å². The first-order chi connectivity index (χ1) is 9.22. The summed E-state index contributed by atoms with van der Waals surface area (Å²) in [5.41, 5.74) is 7.58. The minimum absolute atomic E-state index is 0.425. The van der Waals surface area contributed by atoms with Gasteiger partial charge in [-0.25, -0.2) is 4.98 Å². The molecule has 1 fully saturated rings. The number of benzene rings is 1. The van der Waals surface area contributed by atoms with E-state index in [-0.39, 0.29) is 0 Å². The van der Waals surface area contributed by atoms with Gasteiger partial charge in [0.15, 0.2) is 5.13 Å². The van der Waals surface area contributed by atoms with Gasteiger partial charge in [0, 0.05) is 6.54 Å². The zero-order valence-corrected chi connectivity index (χ0v) is 11.7. The molecular weight excluding hydrogens is 258 g/mol. The van der Waals surface area contributed by atoms with Crippen LogP contribution < -0.4 is 5.73 Å². The summed E-state index contributed by atoms with van der Waals surface area (Å²) in [6.45, 7) is 2.93. The summed E-state index contributed by atoms with van der Waals surface area (Å²) in [5, 5.41) is 10.9. The molecule has 2 heterocycles. The quantitative estimate of drug-likeness (QED) is 0.904. The van der Waals surface area contributed by atoms with Gasteiger partial charge in [-0.15, -0.1) is 0 Å². The molecular formula is C14H19N3OS. The lowest BCUT2D eigenvalue weighted by Gasteiger charge is -2.28. The number of aromatic nitrogens is 1. The van der Waals surface area contributed by atoms with Gasteiger partial charge in [-0.2, -0.15) is 0 Å². The second-order valence-electron chi connectivity index (χ2n) is 5.16. The van der Waals surface area contributed by atoms with Crippen LogP contribution in [-0.2, 0) is 0 Å². The Morgan fingerprint density at radius 3 is 2.89 bits per heavy atom. The highest BCUT2D eigenvalue weighted by Crippen LogP contribution is 2.27. The Balaban J connectivity index is 1.74. The number of aliphatic hydroxyl groups excluding tert-OH is 1. The number of likely N-dealkylation sites (tertiary alicyclic amines) is 1. The minimum Gasteiger partial charge on any atom is -0.387 e. The lowest BCUT2D eigenvalue weighted by Crippen LogP contribution is -2.33. The van der Waals surface area contributed by atoms with Crippen molar-refractivity contribution in [1.29, 1.82) is 0 Å². The molecule has 1 aromatic carbocycles. The van der Waals surface area contributed by atoms with Gasteiger partial charge in [-0.3, -0.25) is 0 Å². The Hall–Kier alpha value is -1.17. The van der Waals surface area contributed by atoms with E-state index >= 15 is 0 Å². The average Bonchev–Trinajstić information content (AvgIpc) is 2.78. The predicted octanol–water partition coefficient (Wildman–Crippen LogP) is 2.40. The number of nitrogens with zero attached hydrogens (tertiary/aromatic N) is 2. The summed E-state index contributed by atoms with van der Waals surface area (Å²) in [5.74, 6) is 0. The Labute approximate surface area is 116 Å². The summed E-state index contributed by atoms with van der Waals surface area (Å²) in [6.07, 6.45) is 3.39. The molecule has 2 aromatic rings. The molecule has 1 saturated heterocycles. The van der Waals surface area contributed by atoms with Crippen molar-refractivity contribution in [3.63, 3.8) is 0 Å². The zero-order valence-electron chi connectivity index (χ0n) is 10.9. The smallest absolute Gasteiger partial charge is 0.181 e. The van der Waals surface area contributed by atoms with Gasteiger partial charge in [0.1, 0.15) is 0 Å². The third-order valence-corrected chi connectivity index (χ3v) is 4.54. The molecule has 1 aliphatic rings. The van der Waals surface area contributed by atoms with Crippen molar-refractivity contribution in [2.24, 2.45) is 0 Å². The van der Waals surface area contributed by atoms with Crippen molar-refractivity contribution in [2.45, 2.75) is 25.4 Å². The topological polar surface area (TPSA) is 62.4 Å². The van der Waals surface area contributed by atoms with Crippen LogP contribution in [0.3, 0.4) is 0 Å². The van der Waals surface area contributed by atoms with Gasteiger partial charge in [0.25, 0.3) is 0 Å². The molecule has 1 aliphatic heterocycles. The molecule has 3 rings (SSSR count). The monoisotopic (exact) mass is 277 g/mol. The van der Waals surface area contributed by atoms with E-state index in [1.165, 1.54) is 30.6 Å². The normalized spacial score (nSPS) is 18.8. The van der Waals surface area contributed by atoms with Crippen molar-refractivity contribution in [1.82, 2.24) is 9.88 Å². The Morgan fingerprint density at radius 1 is 1.32 bits per heavy atom. The summed E-state index contributed by atoms with van der Waals surface area (Å²) in [4.78, 5) is 6.58. The fourth-order valence-corrected chi connectivity index (χ4v) is 3.44. The average molecular weight is 277 g/mol. The lowest BCUT2D eigenvalue weighted by molar-refractivity contribution is 0.102. The summed E-state index contributed by atoms with van der Waals surface area (Å²) in [7, 11) is 0. The van der Waals surface area contributed by atoms with E-state index in [9.17, 15) is 5.11 Å². The first-order valence-electron chi connectivity index (χ1n) is 6.79. The third kappa shape index (κ3) is 2.88. The van der Waals surface area contributed by atoms with Crippen molar-refractivity contribution in [3.05, 3.63) is 23.8 Å². The largest absolute Gasteiger partial charge is 0.387 e. The fourth-order valence-electron chi connectivity index (χ4n) is 2.66. The molecule has 102 valence electrons. The summed E-state index contributed by atoms with van der Waals surface area (Å²) in [6, 6.07) is 5.91. The van der Waals surface area contributed by atoms with Crippen LogP contribution in [0.5, 0.6) is 0 Å². The van der Waals surface area contributed by atoms with Crippen LogP contribution in [0.1, 0.15) is 30.9 Å². The summed E-state index contributed by atoms with van der Waals surface area (Å²) < 4.78 is 1.05. The molecule has 19 heavy (non-hydrogen) atoms. The van der Waals surface area contributed by atoms with E-state index in [0.717, 1.165) is 35.4 Å². The maximum atomic E-state index is 10.4. The minimum atomic E-state index is -0.425. The number of aliphatic hydroxyl groups is 1. The first-order valence-corrected chi connectivity index (χ1v) is 7.60. The molecule has 1 aromatic heterocycles. The number of thiazole rings is 1. The van der Waals surface area contributed by atoms with Crippen molar-refractivity contribution < 1.29 is 5.11 Å². The first kappa shape index (κ1) is 12.8. The van der Waals surface area contributed by atoms with E-state index in [1.54, 1.807) is 0 Å². The molecule has 0 amide bonds. The molecule has 0 aliphatic carbocycles. The standard InChI is InChI=1S/C14H19N3OS/c15-14-16-11-5-4-10(8-13(11)19-14)12(18)9-17-6-2-1-3-7-17/h4-5,8,12,18H,1-3,6-7,9H2,(H2,15,16)/t12-/m1/s1. The second-order valence-corrected chi connectivity index (χ2v) is 6.22. The van der Waals surface area contributed by atoms with E-state index < -0.39 is 6.10 Å². The molecule has 3 N–H and O–H groups in total. The van der Waals surface area contributed by atoms with Crippen LogP contribution in [0.15, 0.2) is 18.2 Å². The number of hydrogen-bond donors (Lipinski definition) is 2. The number of β-amino-alcohol motifs (C(OH)–C–C–N with tert-alkyl or cyclic N) is 1. The van der Waals surface area contributed by atoms with Crippen molar-refractivity contribution >= 4 is 26.7 Å². The number of piperidine rings is 1. The van der Waals surface area contributed by atoms with Crippen molar-refractivity contribution in [3.8, 4) is 0 Å². The Bertz CT molecular complexity index is 563. The molecule has 5 heteroatoms. The number of nitrogens with two attached hydrogens (primary N) is 1. The molecule has 0 unspecified atom stereocenters. The maximum Gasteiger partial charge on any atom is 0.181 e. The van der Waals surface area contributed by atoms with Crippen molar-refractivity contribution in [2.75, 3.05) is 25.4 Å². The molecule has 0 saturated carbocycles. The zero-order chi connectivity index (χ0) is 13.2. The van der Waals surface area contributed by atoms with Crippen LogP contribution in [0.25, 0.3) is 10.2 Å². The Kier molecular flexibility index (Phi) is 3.68. The van der Waals surface area contributed by atoms with Crippen LogP contribution in [0.4, 0.5) is 5.13 Å². The molecule has 1 atom stereocenters. The molecule has 0 bridgehead atoms. The highest BCUT2D eigenvalue weighted by molar-refractivity contribution is 7.22. The number of nitrogen functional groups attached to an aromatic ring is 1. The van der Waals surface area contributed by atoms with Crippen LogP contribution in [0.2, 0.25) is 0 Å². The predicted molar refractivity (Wildman–Crippen MR) is 79.3 cm³/mol. The Morgan fingerprint density at radius 2 is 2.11 bits per heavy atom. The van der Waals surface area contributed by atoms with E-state index in [4.69, 9.17) is 5.73 Å². The number of anilines is 1. The highest BCUT2D eigenvalue weighted by Gasteiger charge is 2.16. The number of fused-ring (bicyclic) bond motifs is 1. The van der Waals surface area contributed by atoms with E-state index in [1.807, 2.05) is 18.2 Å². The fraction of sp³-hybridized carbons (Fsp3) is 0.500. The van der Waals surface area contributed by atoms with Crippen LogP contribution in [-0.4, -0.2) is 34.6 Å². The van der Waals surface area contributed by atoms with Crippen LogP contribution >= 0.6 is 11.3 Å². The van der Waals surface area contributed by atoms with Gasteiger partial charge in [-0.1, -0.05) is 23.8 Å². The molecule has 0 radical (unpaired) electrons. The maximum absolute atomic E-state index is 10.4. The lowest BCUT2D eigenvalue weighted by atomic mass is 10.1. The van der Waals surface area contributed by atoms with E-state index in [0.29, 0.717) is 5.13 Å². The van der Waals surface area contributed by atoms with Gasteiger partial charge in [0.2, 0.25) is 0 Å². The summed E-state index contributed by atoms with van der Waals surface area (Å²) >= 11 is 1.47. The second kappa shape index (κ2) is 5.45. The van der Waals surface area contributed by atoms with Gasteiger partial charge >= 0.3 is 0 Å². The van der Waals surface area contributed by atoms with Crippen LogP contribution in [0, 0.1) is 0 Å². The van der Waals surface area contributed by atoms with E-state index in [2.05, 4.69) is 9.88 Å². The number of rotatable bonds is 3. The molecule has 0 spiro atoms.